The zero-order valence-electron chi connectivity index (χ0n) is 15.2. The third kappa shape index (κ3) is 3.76. The lowest BCUT2D eigenvalue weighted by molar-refractivity contribution is -0.131. The molecule has 2 bridgehead atoms. The number of hydrogen-bond acceptors (Lipinski definition) is 5. The third-order valence-corrected chi connectivity index (χ3v) is 5.33. The first-order valence-corrected chi connectivity index (χ1v) is 8.89. The van der Waals surface area contributed by atoms with Crippen molar-refractivity contribution in [3.8, 4) is 0 Å². The molecule has 25 heavy (non-hydrogen) atoms. The van der Waals surface area contributed by atoms with Gasteiger partial charge in [-0.15, -0.1) is 0 Å². The summed E-state index contributed by atoms with van der Waals surface area (Å²) < 4.78 is 0. The summed E-state index contributed by atoms with van der Waals surface area (Å²) in [6.45, 7) is 0.482. The fourth-order valence-corrected chi connectivity index (χ4v) is 4.00. The van der Waals surface area contributed by atoms with Gasteiger partial charge in [0, 0.05) is 45.5 Å². The van der Waals surface area contributed by atoms with Crippen LogP contribution in [0.3, 0.4) is 0 Å². The van der Waals surface area contributed by atoms with Crippen molar-refractivity contribution in [2.24, 2.45) is 0 Å². The number of fused-ring (bicyclic) bond motifs is 2. The minimum Gasteiger partial charge on any atom is -0.372 e. The predicted octanol–water partition coefficient (Wildman–Crippen LogP) is 0.937. The van der Waals surface area contributed by atoms with E-state index < -0.39 is 0 Å². The van der Waals surface area contributed by atoms with Crippen molar-refractivity contribution < 1.29 is 9.59 Å². The quantitative estimate of drug-likeness (QED) is 0.830. The summed E-state index contributed by atoms with van der Waals surface area (Å²) in [6, 6.07) is 4.47. The van der Waals surface area contributed by atoms with Crippen LogP contribution in [0.5, 0.6) is 0 Å². The van der Waals surface area contributed by atoms with Gasteiger partial charge in [-0.25, -0.2) is 4.98 Å². The topological polar surface area (TPSA) is 77.6 Å². The van der Waals surface area contributed by atoms with Crippen molar-refractivity contribution in [1.29, 1.82) is 0 Å². The molecule has 2 saturated heterocycles. The smallest absolute Gasteiger partial charge is 0.255 e. The van der Waals surface area contributed by atoms with Crippen LogP contribution in [-0.4, -0.2) is 72.4 Å². The lowest BCUT2D eigenvalue weighted by Gasteiger charge is -2.39. The van der Waals surface area contributed by atoms with Crippen LogP contribution in [0, 0.1) is 0 Å². The summed E-state index contributed by atoms with van der Waals surface area (Å²) in [5.74, 6) is 0.657. The number of anilines is 1. The van der Waals surface area contributed by atoms with Crippen molar-refractivity contribution in [3.05, 3.63) is 23.9 Å². The summed E-state index contributed by atoms with van der Waals surface area (Å²) in [5.41, 5.74) is 0.572. The highest BCUT2D eigenvalue weighted by Gasteiger charge is 2.42. The fourth-order valence-electron chi connectivity index (χ4n) is 4.00. The van der Waals surface area contributed by atoms with Gasteiger partial charge in [0.15, 0.2) is 0 Å². The van der Waals surface area contributed by atoms with Crippen molar-refractivity contribution >= 4 is 17.6 Å². The first-order chi connectivity index (χ1) is 12.0. The Balaban J connectivity index is 1.62. The van der Waals surface area contributed by atoms with E-state index in [1.54, 1.807) is 44.4 Å². The summed E-state index contributed by atoms with van der Waals surface area (Å²) >= 11 is 0. The number of amides is 2. The number of nitrogens with zero attached hydrogens (tertiary/aromatic N) is 3. The average Bonchev–Trinajstić information content (AvgIpc) is 2.83. The molecular weight excluding hydrogens is 318 g/mol. The second-order valence-corrected chi connectivity index (χ2v) is 7.14. The second kappa shape index (κ2) is 7.39. The van der Waals surface area contributed by atoms with Crippen LogP contribution >= 0.6 is 0 Å². The molecule has 7 nitrogen and oxygen atoms in total. The molecule has 0 radical (unpaired) electrons. The molecule has 7 heteroatoms. The largest absolute Gasteiger partial charge is 0.372 e. The van der Waals surface area contributed by atoms with Gasteiger partial charge in [0.1, 0.15) is 5.82 Å². The van der Waals surface area contributed by atoms with Crippen LogP contribution < -0.4 is 10.6 Å². The maximum Gasteiger partial charge on any atom is 0.255 e. The Morgan fingerprint density at radius 1 is 1.28 bits per heavy atom. The molecule has 136 valence electrons. The number of likely N-dealkylation sites (N-methyl/N-ethyl adjacent to an activating group) is 1. The van der Waals surface area contributed by atoms with E-state index in [9.17, 15) is 9.59 Å². The third-order valence-electron chi connectivity index (χ3n) is 5.33. The van der Waals surface area contributed by atoms with Crippen molar-refractivity contribution in [2.75, 3.05) is 33.0 Å². The number of aromatic nitrogens is 1. The highest BCUT2D eigenvalue weighted by atomic mass is 16.2. The second-order valence-electron chi connectivity index (χ2n) is 7.14. The Labute approximate surface area is 148 Å². The molecule has 3 heterocycles. The minimum absolute atomic E-state index is 0.0836. The summed E-state index contributed by atoms with van der Waals surface area (Å²) in [5, 5.41) is 6.13. The fraction of sp³-hybridized carbons (Fsp3) is 0.611. The van der Waals surface area contributed by atoms with Crippen LogP contribution in [0.4, 0.5) is 5.82 Å². The number of carbonyl (C=O) groups is 2. The van der Waals surface area contributed by atoms with Gasteiger partial charge in [-0.3, -0.25) is 14.5 Å². The molecule has 3 rings (SSSR count). The Hall–Kier alpha value is -2.15. The Morgan fingerprint density at radius 3 is 2.56 bits per heavy atom. The average molecular weight is 345 g/mol. The molecule has 0 aromatic carbocycles. The van der Waals surface area contributed by atoms with Gasteiger partial charge in [0.05, 0.1) is 12.1 Å². The number of nitrogens with one attached hydrogen (secondary N) is 2. The molecule has 2 amide bonds. The number of rotatable bonds is 5. The van der Waals surface area contributed by atoms with E-state index in [4.69, 9.17) is 0 Å². The van der Waals surface area contributed by atoms with Crippen molar-refractivity contribution in [3.63, 3.8) is 0 Å². The molecule has 2 atom stereocenters. The monoisotopic (exact) mass is 345 g/mol. The molecule has 0 spiro atoms. The van der Waals surface area contributed by atoms with E-state index in [-0.39, 0.29) is 17.9 Å². The summed E-state index contributed by atoms with van der Waals surface area (Å²) in [4.78, 5) is 32.8. The Bertz CT molecular complexity index is 634. The first-order valence-electron chi connectivity index (χ1n) is 8.89. The summed E-state index contributed by atoms with van der Waals surface area (Å²) in [7, 11) is 5.36. The molecule has 1 aromatic rings. The molecule has 2 aliphatic heterocycles. The van der Waals surface area contributed by atoms with Gasteiger partial charge in [0.25, 0.3) is 5.91 Å². The predicted molar refractivity (Wildman–Crippen MR) is 96.5 cm³/mol. The van der Waals surface area contributed by atoms with Crippen LogP contribution in [0.1, 0.15) is 36.0 Å². The van der Waals surface area contributed by atoms with Crippen LogP contribution in [0.2, 0.25) is 0 Å². The van der Waals surface area contributed by atoms with E-state index in [1.807, 2.05) is 0 Å². The number of piperidine rings is 1. The van der Waals surface area contributed by atoms with E-state index in [1.165, 1.54) is 0 Å². The molecule has 0 aliphatic carbocycles. The van der Waals surface area contributed by atoms with Crippen molar-refractivity contribution in [2.45, 2.75) is 43.8 Å². The van der Waals surface area contributed by atoms with E-state index >= 15 is 0 Å². The van der Waals surface area contributed by atoms with Crippen LogP contribution in [-0.2, 0) is 4.79 Å². The molecular formula is C18H27N5O2. The van der Waals surface area contributed by atoms with Gasteiger partial charge >= 0.3 is 0 Å². The zero-order valence-corrected chi connectivity index (χ0v) is 15.2. The summed E-state index contributed by atoms with van der Waals surface area (Å²) in [6.07, 6.45) is 5.68. The zero-order chi connectivity index (χ0) is 18.0. The molecule has 1 aromatic heterocycles. The van der Waals surface area contributed by atoms with E-state index in [0.717, 1.165) is 25.7 Å². The van der Waals surface area contributed by atoms with Crippen LogP contribution in [0.15, 0.2) is 18.3 Å². The molecule has 2 aliphatic rings. The van der Waals surface area contributed by atoms with Crippen LogP contribution in [0.25, 0.3) is 0 Å². The maximum atomic E-state index is 12.6. The van der Waals surface area contributed by atoms with Gasteiger partial charge in [-0.2, -0.15) is 0 Å². The number of carbonyl (C=O) groups excluding carboxylic acids is 2. The van der Waals surface area contributed by atoms with E-state index in [2.05, 4.69) is 20.5 Å². The highest BCUT2D eigenvalue weighted by molar-refractivity contribution is 5.98. The van der Waals surface area contributed by atoms with Gasteiger partial charge in [0.2, 0.25) is 5.91 Å². The van der Waals surface area contributed by atoms with Crippen molar-refractivity contribution in [1.82, 2.24) is 20.1 Å². The first kappa shape index (κ1) is 17.7. The molecule has 2 unspecified atom stereocenters. The standard InChI is InChI=1S/C18H27N5O2/c1-19-17-15(5-4-8-20-17)18(25)21-12-9-13-6-7-14(10-12)23(13)11-16(24)22(2)3/h4-5,8,12-14H,6-7,9-11H2,1-3H3,(H,19,20)(H,21,25). The Morgan fingerprint density at radius 2 is 1.96 bits per heavy atom. The SMILES string of the molecule is CNc1ncccc1C(=O)NC1CC2CCC(C1)N2CC(=O)N(C)C. The molecule has 2 fully saturated rings. The van der Waals surface area contributed by atoms with Gasteiger partial charge in [-0.1, -0.05) is 0 Å². The number of hydrogen-bond donors (Lipinski definition) is 2. The number of pyridine rings is 1. The lowest BCUT2D eigenvalue weighted by atomic mass is 9.97. The van der Waals surface area contributed by atoms with E-state index in [0.29, 0.717) is 30.0 Å². The maximum absolute atomic E-state index is 12.6. The minimum atomic E-state index is -0.0836. The Kier molecular flexibility index (Phi) is 5.22. The molecule has 2 N–H and O–H groups in total. The molecule has 0 saturated carbocycles. The normalized spacial score (nSPS) is 25.5. The van der Waals surface area contributed by atoms with Gasteiger partial charge < -0.3 is 15.5 Å². The van der Waals surface area contributed by atoms with Gasteiger partial charge in [-0.05, 0) is 37.8 Å². The lowest BCUT2D eigenvalue weighted by Crippen LogP contribution is -2.52. The highest BCUT2D eigenvalue weighted by Crippen LogP contribution is 2.35.